The summed E-state index contributed by atoms with van der Waals surface area (Å²) < 4.78 is 0. The minimum absolute atomic E-state index is 0.0102. The number of phenolic OH excluding ortho intramolecular Hbond substituents is 3. The van der Waals surface area contributed by atoms with E-state index in [1.54, 1.807) is 45.2 Å². The summed E-state index contributed by atoms with van der Waals surface area (Å²) in [7, 11) is 6.67. The number of phenols is 3. The zero-order valence-corrected chi connectivity index (χ0v) is 24.0. The highest BCUT2D eigenvalue weighted by Crippen LogP contribution is 2.54. The fourth-order valence-electron chi connectivity index (χ4n) is 6.71. The maximum absolute atomic E-state index is 14.1. The third-order valence-corrected chi connectivity index (χ3v) is 8.70. The molecule has 0 saturated heterocycles. The van der Waals surface area contributed by atoms with Gasteiger partial charge in [0.1, 0.15) is 22.8 Å². The molecular formula is C30H34N4O9. The number of carbonyl (C=O) groups excluding carboxylic acids is 3. The SMILES string of the molecule is CN(C)c1cc(NCc2ccc(O)c(O)c2)c(O)c2c1CC1CC3C(N(C)C)C(O)=C(C(N)=O)C(=O)C3(O)C(O)=C1C2=O. The van der Waals surface area contributed by atoms with Crippen molar-refractivity contribution in [3.05, 3.63) is 63.6 Å². The summed E-state index contributed by atoms with van der Waals surface area (Å²) >= 11 is 0. The van der Waals surface area contributed by atoms with Crippen molar-refractivity contribution in [2.45, 2.75) is 31.0 Å². The average Bonchev–Trinajstić information content (AvgIpc) is 2.91. The number of rotatable bonds is 6. The first-order chi connectivity index (χ1) is 20.1. The fraction of sp³-hybridized carbons (Fsp3) is 0.367. The Morgan fingerprint density at radius 3 is 2.30 bits per heavy atom. The van der Waals surface area contributed by atoms with Crippen molar-refractivity contribution in [1.29, 1.82) is 0 Å². The summed E-state index contributed by atoms with van der Waals surface area (Å²) in [5, 5.41) is 68.0. The molecule has 0 fully saturated rings. The minimum atomic E-state index is -2.72. The predicted octanol–water partition coefficient (Wildman–Crippen LogP) is 1.21. The number of Topliss-reactive ketones (excluding diaryl/α,β-unsaturated/α-hetero) is 2. The van der Waals surface area contributed by atoms with Gasteiger partial charge in [-0.2, -0.15) is 0 Å². The molecule has 4 unspecified atom stereocenters. The lowest BCUT2D eigenvalue weighted by Crippen LogP contribution is -2.63. The second-order valence-corrected chi connectivity index (χ2v) is 11.7. The number of aromatic hydroxyl groups is 3. The van der Waals surface area contributed by atoms with Crippen molar-refractivity contribution in [2.75, 3.05) is 38.4 Å². The molecule has 1 amide bonds. The van der Waals surface area contributed by atoms with Crippen LogP contribution >= 0.6 is 0 Å². The number of nitrogens with one attached hydrogen (secondary N) is 1. The number of primary amides is 1. The van der Waals surface area contributed by atoms with Crippen molar-refractivity contribution in [3.8, 4) is 17.2 Å². The van der Waals surface area contributed by atoms with Gasteiger partial charge in [-0.1, -0.05) is 6.07 Å². The van der Waals surface area contributed by atoms with Gasteiger partial charge in [-0.25, -0.2) is 0 Å². The molecule has 13 nitrogen and oxygen atoms in total. The number of allylic oxidation sites excluding steroid dienone is 1. The lowest BCUT2D eigenvalue weighted by Gasteiger charge is -2.50. The standard InChI is InChI=1S/C30H34N4O9/c1-33(2)17-10-16(32-11-12-5-6-18(35)19(36)7-12)24(37)21-14(17)8-13-9-15-23(34(3)4)26(39)22(29(31)42)28(41)30(15,43)27(40)20(13)25(21)38/h5-7,10,13,15,23,32,35-37,39-40,43H,8-9,11H2,1-4H3,(H2,31,42). The fourth-order valence-corrected chi connectivity index (χ4v) is 6.71. The Balaban J connectivity index is 1.64. The zero-order valence-electron chi connectivity index (χ0n) is 24.0. The minimum Gasteiger partial charge on any atom is -0.510 e. The van der Waals surface area contributed by atoms with Crippen LogP contribution in [0, 0.1) is 11.8 Å². The van der Waals surface area contributed by atoms with Crippen LogP contribution in [-0.4, -0.2) is 92.8 Å². The third-order valence-electron chi connectivity index (χ3n) is 8.70. The number of hydrogen-bond donors (Lipinski definition) is 8. The number of nitrogens with zero attached hydrogens (tertiary/aromatic N) is 2. The number of carbonyl (C=O) groups is 3. The Morgan fingerprint density at radius 2 is 1.72 bits per heavy atom. The highest BCUT2D eigenvalue weighted by atomic mass is 16.3. The number of amides is 1. The number of aliphatic hydroxyl groups excluding tert-OH is 2. The van der Waals surface area contributed by atoms with Gasteiger partial charge in [0.15, 0.2) is 22.9 Å². The highest BCUT2D eigenvalue weighted by molar-refractivity contribution is 6.25. The van der Waals surface area contributed by atoms with Crippen molar-refractivity contribution >= 4 is 28.8 Å². The molecule has 2 aromatic carbocycles. The molecule has 5 rings (SSSR count). The normalized spacial score (nSPS) is 24.9. The Kier molecular flexibility index (Phi) is 7.06. The van der Waals surface area contributed by atoms with Gasteiger partial charge in [-0.3, -0.25) is 19.3 Å². The molecule has 2 aromatic rings. The topological polar surface area (TPSA) is 217 Å². The first-order valence-corrected chi connectivity index (χ1v) is 13.6. The molecule has 9 N–H and O–H groups in total. The molecule has 0 bridgehead atoms. The van der Waals surface area contributed by atoms with Gasteiger partial charge >= 0.3 is 0 Å². The number of hydrogen-bond acceptors (Lipinski definition) is 12. The maximum Gasteiger partial charge on any atom is 0.255 e. The average molecular weight is 595 g/mol. The summed E-state index contributed by atoms with van der Waals surface area (Å²) in [6.45, 7) is 0.103. The Bertz CT molecular complexity index is 1640. The molecule has 0 aliphatic heterocycles. The van der Waals surface area contributed by atoms with Crippen LogP contribution in [-0.2, 0) is 22.6 Å². The summed E-state index contributed by atoms with van der Waals surface area (Å²) in [5.74, 6) is -7.77. The maximum atomic E-state index is 14.1. The van der Waals surface area contributed by atoms with E-state index in [9.17, 15) is 45.0 Å². The molecule has 13 heteroatoms. The summed E-state index contributed by atoms with van der Waals surface area (Å²) in [6.07, 6.45) is 0.144. The van der Waals surface area contributed by atoms with Crippen LogP contribution in [0.2, 0.25) is 0 Å². The van der Waals surface area contributed by atoms with Gasteiger partial charge < -0.3 is 46.6 Å². The molecule has 3 aliphatic rings. The van der Waals surface area contributed by atoms with E-state index in [4.69, 9.17) is 5.73 Å². The monoisotopic (exact) mass is 594 g/mol. The first-order valence-electron chi connectivity index (χ1n) is 13.6. The molecule has 0 aromatic heterocycles. The molecule has 43 heavy (non-hydrogen) atoms. The van der Waals surface area contributed by atoms with Gasteiger partial charge in [-0.15, -0.1) is 0 Å². The lowest BCUT2D eigenvalue weighted by molar-refractivity contribution is -0.148. The second-order valence-electron chi connectivity index (χ2n) is 11.7. The first kappa shape index (κ1) is 29.7. The van der Waals surface area contributed by atoms with E-state index < -0.39 is 63.8 Å². The summed E-state index contributed by atoms with van der Waals surface area (Å²) in [6, 6.07) is 4.82. The van der Waals surface area contributed by atoms with Gasteiger partial charge in [0, 0.05) is 37.8 Å². The van der Waals surface area contributed by atoms with E-state index in [1.165, 1.54) is 17.0 Å². The van der Waals surface area contributed by atoms with Crippen molar-refractivity contribution < 1.29 is 45.0 Å². The van der Waals surface area contributed by atoms with Gasteiger partial charge in [0.05, 0.1) is 17.3 Å². The van der Waals surface area contributed by atoms with Crippen LogP contribution in [0.3, 0.4) is 0 Å². The number of nitrogens with two attached hydrogens (primary N) is 1. The predicted molar refractivity (Wildman–Crippen MR) is 155 cm³/mol. The van der Waals surface area contributed by atoms with E-state index >= 15 is 0 Å². The molecule has 3 aliphatic carbocycles. The van der Waals surface area contributed by atoms with Crippen molar-refractivity contribution in [3.63, 3.8) is 0 Å². The molecule has 0 spiro atoms. The van der Waals surface area contributed by atoms with Crippen LogP contribution in [0.4, 0.5) is 11.4 Å². The van der Waals surface area contributed by atoms with E-state index in [0.29, 0.717) is 16.8 Å². The number of benzene rings is 2. The molecular weight excluding hydrogens is 560 g/mol. The molecule has 4 atom stereocenters. The van der Waals surface area contributed by atoms with Gasteiger partial charge in [0.2, 0.25) is 5.78 Å². The molecule has 228 valence electrons. The van der Waals surface area contributed by atoms with Crippen LogP contribution in [0.15, 0.2) is 46.9 Å². The van der Waals surface area contributed by atoms with E-state index in [1.807, 2.05) is 0 Å². The van der Waals surface area contributed by atoms with Crippen LogP contribution in [0.5, 0.6) is 17.2 Å². The van der Waals surface area contributed by atoms with E-state index in [-0.39, 0.29) is 47.7 Å². The molecule has 0 radical (unpaired) electrons. The number of likely N-dealkylation sites (N-methyl/N-ethyl adjacent to an activating group) is 1. The number of fused-ring (bicyclic) bond motifs is 3. The van der Waals surface area contributed by atoms with Crippen LogP contribution in [0.1, 0.15) is 27.9 Å². The van der Waals surface area contributed by atoms with Crippen molar-refractivity contribution in [2.24, 2.45) is 17.6 Å². The smallest absolute Gasteiger partial charge is 0.255 e. The van der Waals surface area contributed by atoms with E-state index in [2.05, 4.69) is 5.32 Å². The lowest BCUT2D eigenvalue weighted by atomic mass is 9.58. The third kappa shape index (κ3) is 4.34. The van der Waals surface area contributed by atoms with E-state index in [0.717, 1.165) is 0 Å². The van der Waals surface area contributed by atoms with Crippen LogP contribution < -0.4 is 16.0 Å². The largest absolute Gasteiger partial charge is 0.510 e. The zero-order chi connectivity index (χ0) is 31.7. The Labute approximate surface area is 246 Å². The van der Waals surface area contributed by atoms with Crippen LogP contribution in [0.25, 0.3) is 0 Å². The van der Waals surface area contributed by atoms with Gasteiger partial charge in [-0.05, 0) is 62.2 Å². The number of anilines is 2. The summed E-state index contributed by atoms with van der Waals surface area (Å²) in [4.78, 5) is 43.0. The molecule has 0 heterocycles. The van der Waals surface area contributed by atoms with Crippen molar-refractivity contribution in [1.82, 2.24) is 4.90 Å². The Morgan fingerprint density at radius 1 is 1.05 bits per heavy atom. The molecule has 0 saturated carbocycles. The quantitative estimate of drug-likeness (QED) is 0.175. The second kappa shape index (κ2) is 10.2. The number of aliphatic hydroxyl groups is 3. The summed E-state index contributed by atoms with van der Waals surface area (Å²) in [5.41, 5.74) is 3.25. The number of ketones is 2. The highest BCUT2D eigenvalue weighted by Gasteiger charge is 2.63. The Hall–Kier alpha value is -4.75. The van der Waals surface area contributed by atoms with Gasteiger partial charge in [0.25, 0.3) is 5.91 Å².